The molecule has 5 aromatic rings. The van der Waals surface area contributed by atoms with Gasteiger partial charge in [-0.25, -0.2) is 4.68 Å². The topological polar surface area (TPSA) is 102 Å². The smallest absolute Gasteiger partial charge is 0.253 e. The van der Waals surface area contributed by atoms with Crippen LogP contribution in [0.2, 0.25) is 5.02 Å². The molecule has 0 saturated carbocycles. The molecule has 0 aliphatic rings. The number of nitrogens with one attached hydrogen (secondary N) is 1. The van der Waals surface area contributed by atoms with E-state index in [9.17, 15) is 4.79 Å². The molecular formula is C28H29ClN6O3. The standard InChI is InChI=1S/C28H29ClN6O3/c1-28(2,3)35-26(31-32-33-35)25(23-14-19-9-12-21(37-4)15-24(19)30-27(23)36)34(17-22-6-5-13-38-22)16-18-7-10-20(29)11-8-18/h5-15,25H,16-17H2,1-4H3,(H,30,36). The molecule has 0 fully saturated rings. The summed E-state index contributed by atoms with van der Waals surface area (Å²) in [6.07, 6.45) is 1.64. The second-order valence-corrected chi connectivity index (χ2v) is 10.6. The monoisotopic (exact) mass is 532 g/mol. The molecule has 0 amide bonds. The van der Waals surface area contributed by atoms with Crippen molar-refractivity contribution in [3.05, 3.63) is 105 Å². The van der Waals surface area contributed by atoms with Gasteiger partial charge in [0.1, 0.15) is 17.6 Å². The van der Waals surface area contributed by atoms with Crippen LogP contribution in [0.4, 0.5) is 0 Å². The van der Waals surface area contributed by atoms with Gasteiger partial charge in [0.05, 0.1) is 31.0 Å². The Labute approximate surface area is 225 Å². The Bertz CT molecular complexity index is 1590. The lowest BCUT2D eigenvalue weighted by molar-refractivity contribution is 0.171. The Balaban J connectivity index is 1.71. The number of nitrogens with zero attached hydrogens (tertiary/aromatic N) is 5. The van der Waals surface area contributed by atoms with E-state index in [0.717, 1.165) is 16.7 Å². The lowest BCUT2D eigenvalue weighted by Gasteiger charge is -2.32. The lowest BCUT2D eigenvalue weighted by atomic mass is 10.0. The molecule has 0 aliphatic carbocycles. The van der Waals surface area contributed by atoms with Crippen LogP contribution in [0.3, 0.4) is 0 Å². The van der Waals surface area contributed by atoms with Crippen LogP contribution in [-0.2, 0) is 18.6 Å². The number of pyridine rings is 1. The molecule has 2 aromatic carbocycles. The highest BCUT2D eigenvalue weighted by atomic mass is 35.5. The first kappa shape index (κ1) is 25.7. The van der Waals surface area contributed by atoms with E-state index in [1.807, 2.05) is 81.4 Å². The number of aromatic nitrogens is 5. The number of hydrogen-bond acceptors (Lipinski definition) is 7. The number of methoxy groups -OCH3 is 1. The minimum Gasteiger partial charge on any atom is -0.497 e. The maximum Gasteiger partial charge on any atom is 0.253 e. The minimum atomic E-state index is -0.597. The first-order chi connectivity index (χ1) is 18.2. The summed E-state index contributed by atoms with van der Waals surface area (Å²) in [6, 6.07) is 18.3. The first-order valence-electron chi connectivity index (χ1n) is 12.2. The van der Waals surface area contributed by atoms with Crippen molar-refractivity contribution in [2.75, 3.05) is 7.11 Å². The van der Waals surface area contributed by atoms with Gasteiger partial charge in [0.25, 0.3) is 5.56 Å². The second-order valence-electron chi connectivity index (χ2n) is 10.1. The van der Waals surface area contributed by atoms with Crippen molar-refractivity contribution < 1.29 is 9.15 Å². The zero-order chi connectivity index (χ0) is 26.9. The Hall–Kier alpha value is -3.95. The van der Waals surface area contributed by atoms with Crippen LogP contribution < -0.4 is 10.3 Å². The van der Waals surface area contributed by atoms with Crippen molar-refractivity contribution in [1.29, 1.82) is 0 Å². The van der Waals surface area contributed by atoms with E-state index in [-0.39, 0.29) is 5.56 Å². The van der Waals surface area contributed by atoms with Gasteiger partial charge in [-0.05, 0) is 84.6 Å². The van der Waals surface area contributed by atoms with Crippen LogP contribution in [0.15, 0.2) is 76.1 Å². The molecule has 1 N–H and O–H groups in total. The van der Waals surface area contributed by atoms with Crippen LogP contribution in [0.1, 0.15) is 49.5 Å². The molecule has 196 valence electrons. The summed E-state index contributed by atoms with van der Waals surface area (Å²) in [5.74, 6) is 1.97. The highest BCUT2D eigenvalue weighted by molar-refractivity contribution is 6.30. The molecule has 38 heavy (non-hydrogen) atoms. The average Bonchev–Trinajstić information content (AvgIpc) is 3.58. The van der Waals surface area contributed by atoms with E-state index in [1.165, 1.54) is 0 Å². The fourth-order valence-corrected chi connectivity index (χ4v) is 4.66. The molecule has 5 rings (SSSR count). The molecule has 1 atom stereocenters. The summed E-state index contributed by atoms with van der Waals surface area (Å²) >= 11 is 6.16. The van der Waals surface area contributed by atoms with Crippen LogP contribution in [0.25, 0.3) is 10.9 Å². The summed E-state index contributed by atoms with van der Waals surface area (Å²) < 4.78 is 12.8. The lowest BCUT2D eigenvalue weighted by Crippen LogP contribution is -2.37. The molecule has 3 aromatic heterocycles. The van der Waals surface area contributed by atoms with Crippen molar-refractivity contribution in [3.8, 4) is 5.75 Å². The van der Waals surface area contributed by atoms with E-state index in [4.69, 9.17) is 20.8 Å². The Morgan fingerprint density at radius 3 is 2.58 bits per heavy atom. The number of rotatable bonds is 8. The Morgan fingerprint density at radius 2 is 1.89 bits per heavy atom. The highest BCUT2D eigenvalue weighted by Gasteiger charge is 2.34. The fourth-order valence-electron chi connectivity index (χ4n) is 4.53. The molecule has 0 saturated heterocycles. The summed E-state index contributed by atoms with van der Waals surface area (Å²) in [5, 5.41) is 14.3. The summed E-state index contributed by atoms with van der Waals surface area (Å²) in [7, 11) is 1.60. The molecule has 9 nitrogen and oxygen atoms in total. The number of ether oxygens (including phenoxy) is 1. The predicted molar refractivity (Wildman–Crippen MR) is 145 cm³/mol. The van der Waals surface area contributed by atoms with E-state index >= 15 is 0 Å². The van der Waals surface area contributed by atoms with Gasteiger partial charge in [-0.1, -0.05) is 23.7 Å². The summed E-state index contributed by atoms with van der Waals surface area (Å²) in [5.41, 5.74) is 1.55. The molecule has 0 spiro atoms. The van der Waals surface area contributed by atoms with Gasteiger partial charge < -0.3 is 14.1 Å². The Morgan fingerprint density at radius 1 is 1.11 bits per heavy atom. The summed E-state index contributed by atoms with van der Waals surface area (Å²) in [4.78, 5) is 18.9. The van der Waals surface area contributed by atoms with Crippen LogP contribution in [-0.4, -0.2) is 37.2 Å². The van der Waals surface area contributed by atoms with Gasteiger partial charge in [-0.15, -0.1) is 5.10 Å². The molecule has 10 heteroatoms. The number of tetrazole rings is 1. The zero-order valence-corrected chi connectivity index (χ0v) is 22.4. The van der Waals surface area contributed by atoms with E-state index in [1.54, 1.807) is 18.1 Å². The number of H-pyrrole nitrogens is 1. The van der Waals surface area contributed by atoms with Crippen molar-refractivity contribution in [2.45, 2.75) is 45.4 Å². The van der Waals surface area contributed by atoms with Gasteiger partial charge in [-0.3, -0.25) is 9.69 Å². The van der Waals surface area contributed by atoms with Crippen molar-refractivity contribution in [2.24, 2.45) is 0 Å². The van der Waals surface area contributed by atoms with Gasteiger partial charge in [-0.2, -0.15) is 0 Å². The molecular weight excluding hydrogens is 504 g/mol. The fraction of sp³-hybridized carbons (Fsp3) is 0.286. The van der Waals surface area contributed by atoms with Crippen molar-refractivity contribution in [3.63, 3.8) is 0 Å². The van der Waals surface area contributed by atoms with E-state index in [2.05, 4.69) is 25.4 Å². The second kappa shape index (κ2) is 10.4. The van der Waals surface area contributed by atoms with Gasteiger partial charge in [0, 0.05) is 23.2 Å². The predicted octanol–water partition coefficient (Wildman–Crippen LogP) is 5.32. The van der Waals surface area contributed by atoms with Crippen molar-refractivity contribution in [1.82, 2.24) is 30.1 Å². The SMILES string of the molecule is COc1ccc2cc(C(c3nnnn3C(C)(C)C)N(Cc3ccc(Cl)cc3)Cc3ccco3)c(=O)[nH]c2c1. The highest BCUT2D eigenvalue weighted by Crippen LogP contribution is 2.32. The third kappa shape index (κ3) is 5.34. The zero-order valence-electron chi connectivity index (χ0n) is 21.7. The van der Waals surface area contributed by atoms with Gasteiger partial charge in [0.15, 0.2) is 5.82 Å². The molecule has 1 unspecified atom stereocenters. The number of fused-ring (bicyclic) bond motifs is 1. The maximum absolute atomic E-state index is 13.7. The maximum atomic E-state index is 13.7. The number of halogens is 1. The molecule has 0 aliphatic heterocycles. The van der Waals surface area contributed by atoms with E-state index < -0.39 is 11.6 Å². The normalized spacial score (nSPS) is 12.8. The number of benzene rings is 2. The number of hydrogen-bond donors (Lipinski definition) is 1. The average molecular weight is 533 g/mol. The van der Waals surface area contributed by atoms with Gasteiger partial charge >= 0.3 is 0 Å². The molecule has 0 radical (unpaired) electrons. The summed E-state index contributed by atoms with van der Waals surface area (Å²) in [6.45, 7) is 6.97. The largest absolute Gasteiger partial charge is 0.497 e. The third-order valence-electron chi connectivity index (χ3n) is 6.35. The van der Waals surface area contributed by atoms with E-state index in [0.29, 0.717) is 40.8 Å². The minimum absolute atomic E-state index is 0.236. The number of aromatic amines is 1. The Kier molecular flexibility index (Phi) is 7.05. The van der Waals surface area contributed by atoms with Crippen LogP contribution in [0.5, 0.6) is 5.75 Å². The first-order valence-corrected chi connectivity index (χ1v) is 12.6. The quantitative estimate of drug-likeness (QED) is 0.288. The third-order valence-corrected chi connectivity index (χ3v) is 6.61. The van der Waals surface area contributed by atoms with Gasteiger partial charge in [0.2, 0.25) is 0 Å². The van der Waals surface area contributed by atoms with Crippen molar-refractivity contribution >= 4 is 22.5 Å². The van der Waals surface area contributed by atoms with Crippen LogP contribution in [0, 0.1) is 0 Å². The van der Waals surface area contributed by atoms with Crippen LogP contribution >= 0.6 is 11.6 Å². The molecule has 3 heterocycles. The number of furan rings is 1. The molecule has 0 bridgehead atoms.